The molecule has 0 spiro atoms. The molecule has 0 radical (unpaired) electrons. The highest BCUT2D eigenvalue weighted by Gasteiger charge is 2.33. The van der Waals surface area contributed by atoms with Gasteiger partial charge in [-0.25, -0.2) is 22.0 Å². The molecule has 1 N–H and O–H groups in total. The molecule has 1 amide bonds. The second-order valence-electron chi connectivity index (χ2n) is 9.25. The van der Waals surface area contributed by atoms with E-state index in [0.29, 0.717) is 6.07 Å². The van der Waals surface area contributed by atoms with E-state index < -0.39 is 45.0 Å². The van der Waals surface area contributed by atoms with Gasteiger partial charge in [0, 0.05) is 25.1 Å². The number of rotatable bonds is 5. The number of carbonyl (C=O) groups excluding carboxylic acids is 2. The van der Waals surface area contributed by atoms with Gasteiger partial charge in [-0.2, -0.15) is 4.31 Å². The lowest BCUT2D eigenvalue weighted by Crippen LogP contribution is -2.41. The van der Waals surface area contributed by atoms with Gasteiger partial charge in [-0.15, -0.1) is 0 Å². The second-order valence-corrected chi connectivity index (χ2v) is 11.2. The van der Waals surface area contributed by atoms with Crippen LogP contribution in [0.2, 0.25) is 0 Å². The summed E-state index contributed by atoms with van der Waals surface area (Å²) in [6.45, 7) is 6.38. The summed E-state index contributed by atoms with van der Waals surface area (Å²) in [5.41, 5.74) is 0.0684. The van der Waals surface area contributed by atoms with Crippen molar-refractivity contribution in [2.45, 2.75) is 43.9 Å². The summed E-state index contributed by atoms with van der Waals surface area (Å²) in [6, 6.07) is 8.16. The molecule has 0 aromatic heterocycles. The van der Waals surface area contributed by atoms with Gasteiger partial charge in [-0.1, -0.05) is 32.9 Å². The van der Waals surface area contributed by atoms with Gasteiger partial charge in [0.1, 0.15) is 11.6 Å². The zero-order valence-corrected chi connectivity index (χ0v) is 20.3. The number of ether oxygens (including phenoxy) is 1. The Balaban J connectivity index is 1.67. The molecule has 10 heteroatoms. The van der Waals surface area contributed by atoms with E-state index in [0.717, 1.165) is 18.7 Å². The van der Waals surface area contributed by atoms with E-state index in [1.165, 1.54) is 4.31 Å². The summed E-state index contributed by atoms with van der Waals surface area (Å²) in [7, 11) is -2.65. The van der Waals surface area contributed by atoms with Crippen LogP contribution >= 0.6 is 0 Å². The summed E-state index contributed by atoms with van der Waals surface area (Å²) < 4.78 is 59.8. The Kier molecular flexibility index (Phi) is 7.42. The molecule has 3 rings (SSSR count). The zero-order valence-electron chi connectivity index (χ0n) is 19.5. The molecule has 0 bridgehead atoms. The Morgan fingerprint density at radius 2 is 1.62 bits per heavy atom. The molecular weight excluding hydrogens is 466 g/mol. The normalized spacial score (nSPS) is 15.7. The highest BCUT2D eigenvalue weighted by atomic mass is 32.2. The van der Waals surface area contributed by atoms with Crippen molar-refractivity contribution in [1.29, 1.82) is 0 Å². The Morgan fingerprint density at radius 3 is 2.15 bits per heavy atom. The van der Waals surface area contributed by atoms with E-state index in [1.54, 1.807) is 24.3 Å². The fourth-order valence-electron chi connectivity index (χ4n) is 3.78. The number of piperidine rings is 1. The summed E-state index contributed by atoms with van der Waals surface area (Å²) in [4.78, 5) is 24.5. The topological polar surface area (TPSA) is 92.8 Å². The Bertz CT molecular complexity index is 1180. The molecule has 0 unspecified atom stereocenters. The number of sulfonamides is 1. The van der Waals surface area contributed by atoms with Gasteiger partial charge >= 0.3 is 5.97 Å². The Labute approximate surface area is 198 Å². The highest BCUT2D eigenvalue weighted by Crippen LogP contribution is 2.28. The maximum atomic E-state index is 14.1. The fraction of sp³-hybridized carbons (Fsp3) is 0.417. The third-order valence-electron chi connectivity index (χ3n) is 5.90. The summed E-state index contributed by atoms with van der Waals surface area (Å²) >= 11 is 0. The van der Waals surface area contributed by atoms with Gasteiger partial charge < -0.3 is 10.1 Å². The van der Waals surface area contributed by atoms with Crippen LogP contribution in [0.4, 0.5) is 14.5 Å². The van der Waals surface area contributed by atoms with Crippen LogP contribution in [-0.4, -0.2) is 44.8 Å². The number of anilines is 1. The third-order valence-corrected chi connectivity index (χ3v) is 7.82. The molecule has 34 heavy (non-hydrogen) atoms. The van der Waals surface area contributed by atoms with Crippen molar-refractivity contribution >= 4 is 27.6 Å². The van der Waals surface area contributed by atoms with Gasteiger partial charge in [-0.05, 0) is 42.0 Å². The fourth-order valence-corrected chi connectivity index (χ4v) is 5.25. The van der Waals surface area contributed by atoms with Crippen molar-refractivity contribution in [3.05, 3.63) is 59.2 Å². The average molecular weight is 495 g/mol. The summed E-state index contributed by atoms with van der Waals surface area (Å²) in [6.07, 6.45) is 0.468. The van der Waals surface area contributed by atoms with E-state index in [4.69, 9.17) is 0 Å². The molecule has 1 aliphatic heterocycles. The number of benzene rings is 2. The number of esters is 1. The van der Waals surface area contributed by atoms with E-state index in [9.17, 15) is 26.8 Å². The number of methoxy groups -OCH3 is 1. The molecule has 1 heterocycles. The number of nitrogens with zero attached hydrogens (tertiary/aromatic N) is 1. The predicted octanol–water partition coefficient (Wildman–Crippen LogP) is 4.09. The first-order chi connectivity index (χ1) is 15.8. The van der Waals surface area contributed by atoms with Crippen molar-refractivity contribution < 1.29 is 31.5 Å². The smallest absolute Gasteiger partial charge is 0.340 e. The van der Waals surface area contributed by atoms with Gasteiger partial charge in [0.15, 0.2) is 0 Å². The van der Waals surface area contributed by atoms with Crippen molar-refractivity contribution in [2.75, 3.05) is 25.5 Å². The van der Waals surface area contributed by atoms with E-state index in [1.807, 2.05) is 20.8 Å². The minimum absolute atomic E-state index is 0.102. The Hall–Kier alpha value is -2.85. The lowest BCUT2D eigenvalue weighted by molar-refractivity contribution is -0.120. The monoisotopic (exact) mass is 494 g/mol. The van der Waals surface area contributed by atoms with Crippen molar-refractivity contribution in [3.63, 3.8) is 0 Å². The number of halogens is 2. The number of nitrogens with one attached hydrogen (secondary N) is 1. The lowest BCUT2D eigenvalue weighted by Gasteiger charge is -2.30. The molecule has 1 saturated heterocycles. The average Bonchev–Trinajstić information content (AvgIpc) is 2.79. The van der Waals surface area contributed by atoms with Gasteiger partial charge in [-0.3, -0.25) is 4.79 Å². The highest BCUT2D eigenvalue weighted by molar-refractivity contribution is 7.89. The van der Waals surface area contributed by atoms with Gasteiger partial charge in [0.05, 0.1) is 23.3 Å². The molecule has 2 aromatic carbocycles. The van der Waals surface area contributed by atoms with E-state index in [-0.39, 0.29) is 41.9 Å². The molecule has 1 aliphatic rings. The van der Waals surface area contributed by atoms with Gasteiger partial charge in [0.25, 0.3) is 0 Å². The van der Waals surface area contributed by atoms with Crippen molar-refractivity contribution in [3.8, 4) is 0 Å². The van der Waals surface area contributed by atoms with Crippen molar-refractivity contribution in [2.24, 2.45) is 5.92 Å². The molecule has 0 atom stereocenters. The molecular formula is C24H28F2N2O5S. The van der Waals surface area contributed by atoms with Crippen LogP contribution in [0, 0.1) is 17.6 Å². The van der Waals surface area contributed by atoms with E-state index in [2.05, 4.69) is 10.1 Å². The molecule has 184 valence electrons. The molecule has 7 nitrogen and oxygen atoms in total. The maximum Gasteiger partial charge on any atom is 0.340 e. The summed E-state index contributed by atoms with van der Waals surface area (Å²) in [5, 5.41) is 2.38. The SMILES string of the molecule is COC(=O)c1cc(NC(=O)C2CCN(S(=O)(=O)c3ccc(C(C)(C)C)cc3)CC2)c(F)cc1F. The van der Waals surface area contributed by atoms with Crippen LogP contribution in [0.3, 0.4) is 0 Å². The first-order valence-electron chi connectivity index (χ1n) is 10.8. The minimum atomic E-state index is -3.71. The van der Waals surface area contributed by atoms with Crippen LogP contribution in [-0.2, 0) is 25.0 Å². The number of carbonyl (C=O) groups is 2. The standard InChI is InChI=1S/C24H28F2N2O5S/c1-24(2,3)16-5-7-17(8-6-16)34(31,32)28-11-9-15(10-12-28)22(29)27-21-13-18(23(30)33-4)19(25)14-20(21)26/h5-8,13-15H,9-12H2,1-4H3,(H,27,29). The lowest BCUT2D eigenvalue weighted by atomic mass is 9.87. The van der Waals surface area contributed by atoms with Gasteiger partial charge in [0.2, 0.25) is 15.9 Å². The summed E-state index contributed by atoms with van der Waals surface area (Å²) in [5.74, 6) is -4.23. The number of hydrogen-bond donors (Lipinski definition) is 1. The predicted molar refractivity (Wildman–Crippen MR) is 123 cm³/mol. The van der Waals surface area contributed by atoms with Crippen LogP contribution < -0.4 is 5.32 Å². The largest absolute Gasteiger partial charge is 0.465 e. The third kappa shape index (κ3) is 5.44. The molecule has 0 aliphatic carbocycles. The Morgan fingerprint density at radius 1 is 1.03 bits per heavy atom. The molecule has 0 saturated carbocycles. The second kappa shape index (κ2) is 9.79. The first kappa shape index (κ1) is 25.8. The molecule has 2 aromatic rings. The van der Waals surface area contributed by atoms with Crippen LogP contribution in [0.1, 0.15) is 49.5 Å². The maximum absolute atomic E-state index is 14.1. The van der Waals surface area contributed by atoms with Crippen LogP contribution in [0.25, 0.3) is 0 Å². The van der Waals surface area contributed by atoms with Crippen LogP contribution in [0.5, 0.6) is 0 Å². The van der Waals surface area contributed by atoms with E-state index >= 15 is 0 Å². The zero-order chi connectivity index (χ0) is 25.3. The van der Waals surface area contributed by atoms with Crippen LogP contribution in [0.15, 0.2) is 41.3 Å². The molecule has 1 fully saturated rings. The quantitative estimate of drug-likeness (QED) is 0.632. The van der Waals surface area contributed by atoms with Crippen molar-refractivity contribution in [1.82, 2.24) is 4.31 Å². The minimum Gasteiger partial charge on any atom is -0.465 e. The first-order valence-corrected chi connectivity index (χ1v) is 12.3. The number of amides is 1. The number of hydrogen-bond acceptors (Lipinski definition) is 5.